The van der Waals surface area contributed by atoms with Gasteiger partial charge in [0.2, 0.25) is 0 Å². The molecule has 3 aromatic rings. The van der Waals surface area contributed by atoms with Crippen LogP contribution in [0.15, 0.2) is 59.6 Å². The van der Waals surface area contributed by atoms with E-state index in [9.17, 15) is 31.2 Å². The molecule has 0 saturated carbocycles. The van der Waals surface area contributed by atoms with Crippen molar-refractivity contribution in [1.29, 1.82) is 0 Å². The first-order valence-corrected chi connectivity index (χ1v) is 14.1. The summed E-state index contributed by atoms with van der Waals surface area (Å²) in [5.41, 5.74) is -0.303. The average Bonchev–Trinajstić information content (AvgIpc) is 3.33. The maximum absolute atomic E-state index is 13.8. The second-order valence-electron chi connectivity index (χ2n) is 9.23. The van der Waals surface area contributed by atoms with Crippen molar-refractivity contribution in [3.05, 3.63) is 87.2 Å². The van der Waals surface area contributed by atoms with Crippen LogP contribution in [0.5, 0.6) is 0 Å². The molecule has 210 valence electrons. The fourth-order valence-electron chi connectivity index (χ4n) is 4.74. The first kappa shape index (κ1) is 28.2. The summed E-state index contributed by atoms with van der Waals surface area (Å²) in [6, 6.07) is 8.80. The summed E-state index contributed by atoms with van der Waals surface area (Å²) in [5.74, 6) is -0.432. The van der Waals surface area contributed by atoms with Crippen LogP contribution in [-0.2, 0) is 33.8 Å². The molecule has 3 heterocycles. The van der Waals surface area contributed by atoms with Crippen molar-refractivity contribution in [1.82, 2.24) is 9.88 Å². The molecule has 0 radical (unpaired) electrons. The highest BCUT2D eigenvalue weighted by atomic mass is 35.5. The van der Waals surface area contributed by atoms with Gasteiger partial charge in [-0.15, -0.1) is 0 Å². The van der Waals surface area contributed by atoms with E-state index in [0.29, 0.717) is 17.3 Å². The van der Waals surface area contributed by atoms with E-state index >= 15 is 0 Å². The molecule has 0 N–H and O–H groups in total. The number of ether oxygens (including phenoxy) is 1. The van der Waals surface area contributed by atoms with Crippen LogP contribution in [0.3, 0.4) is 0 Å². The summed E-state index contributed by atoms with van der Waals surface area (Å²) >= 11 is 12.3. The first-order valence-electron chi connectivity index (χ1n) is 11.9. The number of sulfonamides is 1. The van der Waals surface area contributed by atoms with Gasteiger partial charge in [0.1, 0.15) is 6.61 Å². The number of halogens is 5. The van der Waals surface area contributed by atoms with Crippen LogP contribution in [0, 0.1) is 0 Å². The number of nitrogens with zero attached hydrogens (tertiary/aromatic N) is 3. The summed E-state index contributed by atoms with van der Waals surface area (Å²) in [4.78, 5) is 30.5. The van der Waals surface area contributed by atoms with E-state index in [1.165, 1.54) is 29.3 Å². The number of ketones is 1. The summed E-state index contributed by atoms with van der Waals surface area (Å²) in [5, 5.41) is 0.301. The third-order valence-corrected chi connectivity index (χ3v) is 9.07. The van der Waals surface area contributed by atoms with Crippen LogP contribution in [0.25, 0.3) is 0 Å². The standard InChI is InChI=1S/C26H20Cl2F3N3O5S/c27-19-5-2-6-20(28)24(19)23(35)10-15-9-22-21(32-13-15)12-17(33-7-8-39-25(33)36)14-34(22)40(37,38)18-4-1-3-16(11-18)26(29,30)31/h1-6,9,11,13,17H,7-8,10,12,14H2/t17-/m0/s1. The van der Waals surface area contributed by atoms with Crippen molar-refractivity contribution in [3.8, 4) is 0 Å². The highest BCUT2D eigenvalue weighted by molar-refractivity contribution is 7.92. The third kappa shape index (κ3) is 5.35. The zero-order valence-corrected chi connectivity index (χ0v) is 22.8. The van der Waals surface area contributed by atoms with E-state index < -0.39 is 44.6 Å². The molecule has 2 aliphatic heterocycles. The lowest BCUT2D eigenvalue weighted by atomic mass is 9.99. The van der Waals surface area contributed by atoms with Crippen molar-refractivity contribution < 1.29 is 35.9 Å². The minimum atomic E-state index is -4.76. The Morgan fingerprint density at radius 2 is 1.80 bits per heavy atom. The van der Waals surface area contributed by atoms with E-state index in [0.717, 1.165) is 22.5 Å². The Hall–Kier alpha value is -3.35. The predicted molar refractivity (Wildman–Crippen MR) is 140 cm³/mol. The van der Waals surface area contributed by atoms with Gasteiger partial charge in [0, 0.05) is 19.0 Å². The molecule has 0 aliphatic carbocycles. The second kappa shape index (κ2) is 10.6. The summed E-state index contributed by atoms with van der Waals surface area (Å²) < 4.78 is 73.7. The average molecular weight is 614 g/mol. The van der Waals surface area contributed by atoms with Gasteiger partial charge in [0.15, 0.2) is 5.78 Å². The Balaban J connectivity index is 1.56. The molecule has 5 rings (SSSR count). The fraction of sp³-hybridized carbons (Fsp3) is 0.269. The highest BCUT2D eigenvalue weighted by Crippen LogP contribution is 2.36. The fourth-order valence-corrected chi connectivity index (χ4v) is 6.92. The van der Waals surface area contributed by atoms with Gasteiger partial charge < -0.3 is 4.74 Å². The van der Waals surface area contributed by atoms with Crippen LogP contribution in [0.4, 0.5) is 23.7 Å². The minimum Gasteiger partial charge on any atom is -0.448 e. The number of hydrogen-bond acceptors (Lipinski definition) is 6. The molecule has 40 heavy (non-hydrogen) atoms. The van der Waals surface area contributed by atoms with E-state index in [4.69, 9.17) is 27.9 Å². The van der Waals surface area contributed by atoms with E-state index in [1.807, 2.05) is 0 Å². The van der Waals surface area contributed by atoms with Crippen LogP contribution < -0.4 is 4.31 Å². The molecule has 1 aromatic heterocycles. The molecule has 1 saturated heterocycles. The molecule has 0 bridgehead atoms. The number of hydrogen-bond donors (Lipinski definition) is 0. The largest absolute Gasteiger partial charge is 0.448 e. The molecule has 1 fully saturated rings. The number of benzene rings is 2. The van der Waals surface area contributed by atoms with Gasteiger partial charge in [-0.3, -0.25) is 19.0 Å². The number of carbonyl (C=O) groups is 2. The summed E-state index contributed by atoms with van der Waals surface area (Å²) in [6.07, 6.45) is -4.03. The van der Waals surface area contributed by atoms with Crippen molar-refractivity contribution >= 4 is 50.8 Å². The number of cyclic esters (lactones) is 1. The maximum atomic E-state index is 13.8. The highest BCUT2D eigenvalue weighted by Gasteiger charge is 2.41. The van der Waals surface area contributed by atoms with Crippen LogP contribution >= 0.6 is 23.2 Å². The zero-order chi connectivity index (χ0) is 28.8. The minimum absolute atomic E-state index is 0.0942. The first-order chi connectivity index (χ1) is 18.9. The molecule has 1 amide bonds. The number of pyridine rings is 1. The Morgan fingerprint density at radius 1 is 1.10 bits per heavy atom. The summed E-state index contributed by atoms with van der Waals surface area (Å²) in [7, 11) is -4.56. The quantitative estimate of drug-likeness (QED) is 0.345. The predicted octanol–water partition coefficient (Wildman–Crippen LogP) is 5.40. The van der Waals surface area contributed by atoms with Gasteiger partial charge in [-0.1, -0.05) is 35.3 Å². The Morgan fingerprint density at radius 3 is 2.45 bits per heavy atom. The lowest BCUT2D eigenvalue weighted by Crippen LogP contribution is -2.51. The van der Waals surface area contributed by atoms with Gasteiger partial charge in [0.25, 0.3) is 10.0 Å². The third-order valence-electron chi connectivity index (χ3n) is 6.67. The molecule has 2 aliphatic rings. The van der Waals surface area contributed by atoms with Crippen LogP contribution in [0.1, 0.15) is 27.2 Å². The molecular formula is C26H20Cl2F3N3O5S. The molecule has 1 atom stereocenters. The normalized spacial score (nSPS) is 17.5. The second-order valence-corrected chi connectivity index (χ2v) is 11.9. The number of fused-ring (bicyclic) bond motifs is 1. The SMILES string of the molecule is O=C(Cc1cnc2c(c1)N(S(=O)(=O)c1cccc(C(F)(F)F)c1)C[C@@H](N1CCOC1=O)C2)c1c(Cl)cccc1Cl. The lowest BCUT2D eigenvalue weighted by molar-refractivity contribution is -0.137. The molecule has 8 nitrogen and oxygen atoms in total. The zero-order valence-electron chi connectivity index (χ0n) is 20.5. The van der Waals surface area contributed by atoms with Gasteiger partial charge in [0.05, 0.1) is 56.6 Å². The monoisotopic (exact) mass is 613 g/mol. The Bertz CT molecular complexity index is 1600. The smallest absolute Gasteiger partial charge is 0.416 e. The Kier molecular flexibility index (Phi) is 7.45. The number of carbonyl (C=O) groups excluding carboxylic acids is 2. The molecular weight excluding hydrogens is 594 g/mol. The molecule has 0 spiro atoms. The molecule has 0 unspecified atom stereocenters. The topological polar surface area (TPSA) is 96.9 Å². The van der Waals surface area contributed by atoms with Crippen molar-refractivity contribution in [3.63, 3.8) is 0 Å². The van der Waals surface area contributed by atoms with E-state index in [1.54, 1.807) is 6.07 Å². The summed E-state index contributed by atoms with van der Waals surface area (Å²) in [6.45, 7) is 0.0964. The van der Waals surface area contributed by atoms with Gasteiger partial charge >= 0.3 is 12.3 Å². The van der Waals surface area contributed by atoms with E-state index in [2.05, 4.69) is 4.98 Å². The van der Waals surface area contributed by atoms with Gasteiger partial charge in [-0.2, -0.15) is 13.2 Å². The Labute approximate surface area is 237 Å². The molecule has 2 aromatic carbocycles. The van der Waals surface area contributed by atoms with Crippen molar-refractivity contribution in [2.45, 2.75) is 30.0 Å². The van der Waals surface area contributed by atoms with Gasteiger partial charge in [-0.25, -0.2) is 13.2 Å². The lowest BCUT2D eigenvalue weighted by Gasteiger charge is -2.37. The number of amides is 1. The van der Waals surface area contributed by atoms with Crippen LogP contribution in [-0.4, -0.2) is 55.9 Å². The molecule has 14 heteroatoms. The van der Waals surface area contributed by atoms with Gasteiger partial charge in [-0.05, 0) is 42.0 Å². The van der Waals surface area contributed by atoms with Crippen LogP contribution in [0.2, 0.25) is 10.0 Å². The number of anilines is 1. The van der Waals surface area contributed by atoms with Crippen molar-refractivity contribution in [2.75, 3.05) is 24.0 Å². The number of aromatic nitrogens is 1. The number of rotatable bonds is 6. The van der Waals surface area contributed by atoms with E-state index in [-0.39, 0.29) is 53.8 Å². The number of alkyl halides is 3. The van der Waals surface area contributed by atoms with Crippen molar-refractivity contribution in [2.24, 2.45) is 0 Å². The number of Topliss-reactive ketones (excluding diaryl/α,β-unsaturated/α-hetero) is 1. The maximum Gasteiger partial charge on any atom is 0.416 e.